The summed E-state index contributed by atoms with van der Waals surface area (Å²) in [5.74, 6) is -1.76. The number of carboxylic acids is 2. The quantitative estimate of drug-likeness (QED) is 0.179. The number of rotatable bonds is 2. The van der Waals surface area contributed by atoms with Crippen molar-refractivity contribution in [3.8, 4) is 0 Å². The Labute approximate surface area is 231 Å². The first kappa shape index (κ1) is 29.0. The molecule has 0 radical (unpaired) electrons. The first-order valence-electron chi connectivity index (χ1n) is 11.3. The molecule has 0 atom stereocenters. The van der Waals surface area contributed by atoms with Crippen molar-refractivity contribution >= 4 is 33.5 Å². The van der Waals surface area contributed by atoms with Crippen LogP contribution in [0.3, 0.4) is 0 Å². The smallest absolute Gasteiger partial charge is 0.478 e. The van der Waals surface area contributed by atoms with Crippen LogP contribution in [0.15, 0.2) is 146 Å². The third-order valence-corrected chi connectivity index (χ3v) is 5.15. The van der Waals surface area contributed by atoms with Gasteiger partial charge in [0.2, 0.25) is 0 Å². The van der Waals surface area contributed by atoms with Gasteiger partial charge in [-0.2, -0.15) is 36.4 Å². The van der Waals surface area contributed by atoms with Crippen molar-refractivity contribution in [1.82, 2.24) is 0 Å². The van der Waals surface area contributed by atoms with E-state index >= 15 is 0 Å². The van der Waals surface area contributed by atoms with Gasteiger partial charge >= 0.3 is 33.7 Å². The minimum Gasteiger partial charge on any atom is -0.478 e. The topological polar surface area (TPSA) is 74.6 Å². The molecule has 182 valence electrons. The van der Waals surface area contributed by atoms with E-state index in [9.17, 15) is 9.59 Å². The van der Waals surface area contributed by atoms with Crippen molar-refractivity contribution in [2.45, 2.75) is 0 Å². The molecule has 0 aliphatic rings. The van der Waals surface area contributed by atoms with Crippen molar-refractivity contribution in [1.29, 1.82) is 0 Å². The maximum Gasteiger partial charge on any atom is 2.00 e. The van der Waals surface area contributed by atoms with Crippen LogP contribution >= 0.6 is 0 Å². The van der Waals surface area contributed by atoms with Crippen molar-refractivity contribution in [3.63, 3.8) is 0 Å². The monoisotopic (exact) mass is 522 g/mol. The van der Waals surface area contributed by atoms with E-state index in [1.54, 1.807) is 24.3 Å². The molecule has 0 aliphatic heterocycles. The SMILES string of the molecule is O=C(O)c1cccc2ccccc12.O=C(O)c1cccc2ccccc12.[Ti+2].c1cc[cH-]c1.c1cc[cH-]c1. The van der Waals surface area contributed by atoms with Gasteiger partial charge in [0, 0.05) is 0 Å². The van der Waals surface area contributed by atoms with Crippen LogP contribution in [0.2, 0.25) is 0 Å². The molecule has 6 aromatic carbocycles. The summed E-state index contributed by atoms with van der Waals surface area (Å²) in [5, 5.41) is 21.3. The van der Waals surface area contributed by atoms with Crippen LogP contribution in [-0.2, 0) is 21.7 Å². The van der Waals surface area contributed by atoms with Crippen molar-refractivity contribution in [2.24, 2.45) is 0 Å². The van der Waals surface area contributed by atoms with Crippen LogP contribution in [0.5, 0.6) is 0 Å². The summed E-state index contributed by atoms with van der Waals surface area (Å²) in [5.41, 5.74) is 0.719. The van der Waals surface area contributed by atoms with Crippen LogP contribution in [0, 0.1) is 0 Å². The van der Waals surface area contributed by atoms with Crippen molar-refractivity contribution in [2.75, 3.05) is 0 Å². The van der Waals surface area contributed by atoms with Crippen LogP contribution in [0.25, 0.3) is 21.5 Å². The number of carboxylic acid groups (broad SMARTS) is 2. The number of aromatic carboxylic acids is 2. The van der Waals surface area contributed by atoms with E-state index in [1.807, 2.05) is 121 Å². The summed E-state index contributed by atoms with van der Waals surface area (Å²) >= 11 is 0. The molecule has 6 aromatic rings. The Kier molecular flexibility index (Phi) is 12.3. The van der Waals surface area contributed by atoms with E-state index in [0.29, 0.717) is 11.1 Å². The minimum absolute atomic E-state index is 0. The molecule has 0 aromatic heterocycles. The van der Waals surface area contributed by atoms with Gasteiger partial charge in [-0.25, -0.2) is 33.9 Å². The molecule has 0 saturated heterocycles. The number of hydrogen-bond acceptors (Lipinski definition) is 2. The Balaban J connectivity index is 0.000000187. The van der Waals surface area contributed by atoms with Gasteiger partial charge in [0.05, 0.1) is 11.1 Å². The van der Waals surface area contributed by atoms with E-state index in [1.165, 1.54) is 0 Å². The molecular weight excluding hydrogens is 496 g/mol. The number of hydrogen-bond donors (Lipinski definition) is 2. The zero-order chi connectivity index (χ0) is 25.6. The minimum atomic E-state index is -0.878. The molecule has 0 saturated carbocycles. The molecule has 0 spiro atoms. The molecule has 37 heavy (non-hydrogen) atoms. The molecule has 0 fully saturated rings. The van der Waals surface area contributed by atoms with E-state index in [2.05, 4.69) is 0 Å². The fraction of sp³-hybridized carbons (Fsp3) is 0. The number of carbonyl (C=O) groups is 2. The Bertz CT molecular complexity index is 1330. The maximum atomic E-state index is 10.8. The van der Waals surface area contributed by atoms with E-state index in [4.69, 9.17) is 10.2 Å². The summed E-state index contributed by atoms with van der Waals surface area (Å²) in [6.45, 7) is 0. The summed E-state index contributed by atoms with van der Waals surface area (Å²) in [7, 11) is 0. The summed E-state index contributed by atoms with van der Waals surface area (Å²) in [4.78, 5) is 21.6. The molecule has 5 heteroatoms. The number of fused-ring (bicyclic) bond motifs is 2. The fourth-order valence-corrected chi connectivity index (χ4v) is 3.47. The molecule has 0 unspecified atom stereocenters. The second-order valence-electron chi connectivity index (χ2n) is 7.59. The second-order valence-corrected chi connectivity index (χ2v) is 7.59. The van der Waals surface area contributed by atoms with Crippen LogP contribution < -0.4 is 0 Å². The van der Waals surface area contributed by atoms with E-state index < -0.39 is 11.9 Å². The van der Waals surface area contributed by atoms with Crippen LogP contribution in [0.4, 0.5) is 0 Å². The first-order valence-corrected chi connectivity index (χ1v) is 11.3. The molecule has 2 N–H and O–H groups in total. The van der Waals surface area contributed by atoms with Crippen LogP contribution in [-0.4, -0.2) is 22.2 Å². The average Bonchev–Trinajstić information content (AvgIpc) is 3.68. The Hall–Kier alpha value is -4.25. The maximum absolute atomic E-state index is 10.8. The summed E-state index contributed by atoms with van der Waals surface area (Å²) in [6, 6.07) is 45.5. The van der Waals surface area contributed by atoms with Gasteiger partial charge in [-0.15, -0.1) is 0 Å². The van der Waals surface area contributed by atoms with Crippen molar-refractivity contribution in [3.05, 3.63) is 157 Å². The standard InChI is InChI=1S/2C11H8O2.2C5H5.Ti/c2*12-11(13)10-7-3-5-8-4-1-2-6-9(8)10;2*1-2-4-5-3-1;/h2*1-7H,(H,12,13);2*1-5H;/q;;2*-1;+2. The Morgan fingerprint density at radius 3 is 1.08 bits per heavy atom. The molecule has 0 heterocycles. The molecule has 0 amide bonds. The third kappa shape index (κ3) is 9.04. The summed E-state index contributed by atoms with van der Waals surface area (Å²) in [6.07, 6.45) is 0. The zero-order valence-corrected chi connectivity index (χ0v) is 21.6. The van der Waals surface area contributed by atoms with E-state index in [-0.39, 0.29) is 21.7 Å². The van der Waals surface area contributed by atoms with E-state index in [0.717, 1.165) is 21.5 Å². The van der Waals surface area contributed by atoms with Crippen molar-refractivity contribution < 1.29 is 41.5 Å². The normalized spacial score (nSPS) is 9.30. The van der Waals surface area contributed by atoms with Gasteiger partial charge < -0.3 is 10.2 Å². The molecule has 4 nitrogen and oxygen atoms in total. The Morgan fingerprint density at radius 1 is 0.459 bits per heavy atom. The van der Waals surface area contributed by atoms with Gasteiger partial charge in [0.15, 0.2) is 0 Å². The predicted octanol–water partition coefficient (Wildman–Crippen LogP) is 7.88. The zero-order valence-electron chi connectivity index (χ0n) is 20.1. The summed E-state index contributed by atoms with van der Waals surface area (Å²) < 4.78 is 0. The number of benzene rings is 4. The molecule has 6 rings (SSSR count). The largest absolute Gasteiger partial charge is 2.00 e. The van der Waals surface area contributed by atoms with Crippen LogP contribution in [0.1, 0.15) is 20.7 Å². The Morgan fingerprint density at radius 2 is 0.784 bits per heavy atom. The first-order chi connectivity index (χ1) is 17.6. The molecule has 0 bridgehead atoms. The fourth-order valence-electron chi connectivity index (χ4n) is 3.47. The van der Waals surface area contributed by atoms with Gasteiger partial charge in [-0.1, -0.05) is 72.8 Å². The van der Waals surface area contributed by atoms with Gasteiger partial charge in [-0.3, -0.25) is 0 Å². The molecule has 0 aliphatic carbocycles. The van der Waals surface area contributed by atoms with Gasteiger partial charge in [-0.05, 0) is 33.7 Å². The van der Waals surface area contributed by atoms with Gasteiger partial charge in [0.1, 0.15) is 0 Å². The second kappa shape index (κ2) is 15.7. The molecular formula is C32H26O4Ti. The average molecular weight is 522 g/mol. The predicted molar refractivity (Wildman–Crippen MR) is 146 cm³/mol. The van der Waals surface area contributed by atoms with Gasteiger partial charge in [0.25, 0.3) is 0 Å². The third-order valence-electron chi connectivity index (χ3n) is 5.15.